The minimum atomic E-state index is -0.372. The molecule has 0 aliphatic heterocycles. The first kappa shape index (κ1) is 12.2. The lowest BCUT2D eigenvalue weighted by atomic mass is 10.2. The number of benzene rings is 1. The average Bonchev–Trinajstić information content (AvgIpc) is 2.27. The van der Waals surface area contributed by atoms with Gasteiger partial charge < -0.3 is 15.7 Å². The fourth-order valence-electron chi connectivity index (χ4n) is 1.46. The maximum Gasteiger partial charge on any atom is 0.0674 e. The summed E-state index contributed by atoms with van der Waals surface area (Å²) in [6.45, 7) is 2.13. The number of rotatable bonds is 6. The van der Waals surface area contributed by atoms with Crippen molar-refractivity contribution in [1.29, 1.82) is 0 Å². The standard InChI is InChI=1S/C12H20N2O/c1-14(8-7-12(15)9-13)10-11-5-3-2-4-6-11/h2-6,12,15H,7-10,13H2,1H3. The van der Waals surface area contributed by atoms with Gasteiger partial charge in [-0.05, 0) is 19.0 Å². The molecule has 0 saturated heterocycles. The fourth-order valence-corrected chi connectivity index (χ4v) is 1.46. The van der Waals surface area contributed by atoms with Crippen LogP contribution in [-0.4, -0.2) is 36.2 Å². The molecule has 1 aromatic rings. The Morgan fingerprint density at radius 3 is 2.60 bits per heavy atom. The summed E-state index contributed by atoms with van der Waals surface area (Å²) in [5.41, 5.74) is 6.64. The molecule has 0 aromatic heterocycles. The first-order valence-electron chi connectivity index (χ1n) is 5.33. The Morgan fingerprint density at radius 2 is 2.00 bits per heavy atom. The molecule has 84 valence electrons. The summed E-state index contributed by atoms with van der Waals surface area (Å²) in [5.74, 6) is 0. The van der Waals surface area contributed by atoms with Gasteiger partial charge in [-0.2, -0.15) is 0 Å². The van der Waals surface area contributed by atoms with E-state index < -0.39 is 0 Å². The van der Waals surface area contributed by atoms with E-state index in [4.69, 9.17) is 5.73 Å². The van der Waals surface area contributed by atoms with Gasteiger partial charge in [0.25, 0.3) is 0 Å². The Morgan fingerprint density at radius 1 is 1.33 bits per heavy atom. The predicted molar refractivity (Wildman–Crippen MR) is 62.5 cm³/mol. The minimum absolute atomic E-state index is 0.346. The highest BCUT2D eigenvalue weighted by Crippen LogP contribution is 2.03. The molecule has 0 saturated carbocycles. The Kier molecular flexibility index (Phi) is 5.32. The zero-order chi connectivity index (χ0) is 11.1. The van der Waals surface area contributed by atoms with Gasteiger partial charge in [0, 0.05) is 19.6 Å². The van der Waals surface area contributed by atoms with Crippen molar-refractivity contribution in [3.05, 3.63) is 35.9 Å². The summed E-state index contributed by atoms with van der Waals surface area (Å²) in [6.07, 6.45) is 0.364. The van der Waals surface area contributed by atoms with Crippen LogP contribution in [0.5, 0.6) is 0 Å². The van der Waals surface area contributed by atoms with Gasteiger partial charge in [-0.15, -0.1) is 0 Å². The normalized spacial score (nSPS) is 13.1. The quantitative estimate of drug-likeness (QED) is 0.728. The molecule has 0 fully saturated rings. The highest BCUT2D eigenvalue weighted by Gasteiger charge is 2.04. The molecular formula is C12H20N2O. The smallest absolute Gasteiger partial charge is 0.0674 e. The number of hydrogen-bond donors (Lipinski definition) is 2. The fraction of sp³-hybridized carbons (Fsp3) is 0.500. The molecule has 15 heavy (non-hydrogen) atoms. The zero-order valence-corrected chi connectivity index (χ0v) is 9.26. The molecule has 0 aliphatic rings. The topological polar surface area (TPSA) is 49.5 Å². The van der Waals surface area contributed by atoms with E-state index in [0.29, 0.717) is 6.54 Å². The van der Waals surface area contributed by atoms with Crippen molar-refractivity contribution >= 4 is 0 Å². The van der Waals surface area contributed by atoms with Crippen LogP contribution in [0.15, 0.2) is 30.3 Å². The van der Waals surface area contributed by atoms with Gasteiger partial charge >= 0.3 is 0 Å². The van der Waals surface area contributed by atoms with Gasteiger partial charge in [-0.1, -0.05) is 30.3 Å². The zero-order valence-electron chi connectivity index (χ0n) is 9.26. The van der Waals surface area contributed by atoms with Crippen LogP contribution in [0.25, 0.3) is 0 Å². The number of nitrogens with two attached hydrogens (primary N) is 1. The van der Waals surface area contributed by atoms with E-state index in [2.05, 4.69) is 24.1 Å². The lowest BCUT2D eigenvalue weighted by Crippen LogP contribution is -2.27. The molecule has 3 nitrogen and oxygen atoms in total. The van der Waals surface area contributed by atoms with Crippen molar-refractivity contribution in [2.45, 2.75) is 19.1 Å². The van der Waals surface area contributed by atoms with E-state index in [0.717, 1.165) is 19.5 Å². The maximum atomic E-state index is 9.32. The highest BCUT2D eigenvalue weighted by atomic mass is 16.3. The third kappa shape index (κ3) is 4.93. The molecule has 0 heterocycles. The lowest BCUT2D eigenvalue weighted by Gasteiger charge is -2.18. The van der Waals surface area contributed by atoms with E-state index in [1.54, 1.807) is 0 Å². The summed E-state index contributed by atoms with van der Waals surface area (Å²) in [5, 5.41) is 9.32. The van der Waals surface area contributed by atoms with E-state index >= 15 is 0 Å². The van der Waals surface area contributed by atoms with E-state index in [-0.39, 0.29) is 6.10 Å². The van der Waals surface area contributed by atoms with Gasteiger partial charge in [0.05, 0.1) is 6.10 Å². The maximum absolute atomic E-state index is 9.32. The second-order valence-corrected chi connectivity index (χ2v) is 3.90. The van der Waals surface area contributed by atoms with Gasteiger partial charge in [0.15, 0.2) is 0 Å². The first-order valence-corrected chi connectivity index (χ1v) is 5.33. The number of aliphatic hydroxyl groups is 1. The monoisotopic (exact) mass is 208 g/mol. The Balaban J connectivity index is 2.27. The third-order valence-corrected chi connectivity index (χ3v) is 2.41. The summed E-state index contributed by atoms with van der Waals surface area (Å²) in [4.78, 5) is 2.19. The molecule has 1 rings (SSSR count). The largest absolute Gasteiger partial charge is 0.392 e. The molecule has 3 N–H and O–H groups in total. The molecule has 0 radical (unpaired) electrons. The molecule has 3 heteroatoms. The van der Waals surface area contributed by atoms with Gasteiger partial charge in [-0.25, -0.2) is 0 Å². The van der Waals surface area contributed by atoms with E-state index in [1.165, 1.54) is 5.56 Å². The highest BCUT2D eigenvalue weighted by molar-refractivity contribution is 5.14. The van der Waals surface area contributed by atoms with Crippen LogP contribution >= 0.6 is 0 Å². The summed E-state index contributed by atoms with van der Waals surface area (Å²) >= 11 is 0. The second kappa shape index (κ2) is 6.56. The SMILES string of the molecule is CN(CCC(O)CN)Cc1ccccc1. The molecule has 0 bridgehead atoms. The Bertz CT molecular complexity index is 264. The van der Waals surface area contributed by atoms with Gasteiger partial charge in [0.1, 0.15) is 0 Å². The van der Waals surface area contributed by atoms with Crippen LogP contribution in [0, 0.1) is 0 Å². The average molecular weight is 208 g/mol. The number of hydrogen-bond acceptors (Lipinski definition) is 3. The molecule has 1 atom stereocenters. The van der Waals surface area contributed by atoms with Crippen molar-refractivity contribution < 1.29 is 5.11 Å². The van der Waals surface area contributed by atoms with Crippen LogP contribution in [0.4, 0.5) is 0 Å². The van der Waals surface area contributed by atoms with Crippen LogP contribution in [0.3, 0.4) is 0 Å². The third-order valence-electron chi connectivity index (χ3n) is 2.41. The van der Waals surface area contributed by atoms with Crippen molar-refractivity contribution in [1.82, 2.24) is 4.90 Å². The number of aliphatic hydroxyl groups excluding tert-OH is 1. The molecule has 1 unspecified atom stereocenters. The molecule has 1 aromatic carbocycles. The summed E-state index contributed by atoms with van der Waals surface area (Å²) in [7, 11) is 2.05. The van der Waals surface area contributed by atoms with Crippen LogP contribution in [-0.2, 0) is 6.54 Å². The molecular weight excluding hydrogens is 188 g/mol. The van der Waals surface area contributed by atoms with Crippen LogP contribution < -0.4 is 5.73 Å². The van der Waals surface area contributed by atoms with E-state index in [9.17, 15) is 5.11 Å². The van der Waals surface area contributed by atoms with Crippen molar-refractivity contribution in [3.63, 3.8) is 0 Å². The van der Waals surface area contributed by atoms with E-state index in [1.807, 2.05) is 18.2 Å². The Hall–Kier alpha value is -0.900. The van der Waals surface area contributed by atoms with Gasteiger partial charge in [0.2, 0.25) is 0 Å². The summed E-state index contributed by atoms with van der Waals surface area (Å²) < 4.78 is 0. The lowest BCUT2D eigenvalue weighted by molar-refractivity contribution is 0.153. The van der Waals surface area contributed by atoms with Crippen LogP contribution in [0.2, 0.25) is 0 Å². The predicted octanol–water partition coefficient (Wildman–Crippen LogP) is 0.828. The molecule has 0 spiro atoms. The number of nitrogens with zero attached hydrogens (tertiary/aromatic N) is 1. The first-order chi connectivity index (χ1) is 7.22. The van der Waals surface area contributed by atoms with Crippen LogP contribution in [0.1, 0.15) is 12.0 Å². The Labute approximate surface area is 91.5 Å². The molecule has 0 amide bonds. The summed E-state index contributed by atoms with van der Waals surface area (Å²) in [6, 6.07) is 10.3. The molecule has 0 aliphatic carbocycles. The second-order valence-electron chi connectivity index (χ2n) is 3.90. The van der Waals surface area contributed by atoms with Crippen molar-refractivity contribution in [2.24, 2.45) is 5.73 Å². The van der Waals surface area contributed by atoms with Crippen molar-refractivity contribution in [3.8, 4) is 0 Å². The minimum Gasteiger partial charge on any atom is -0.392 e. The van der Waals surface area contributed by atoms with Gasteiger partial charge in [-0.3, -0.25) is 0 Å². The van der Waals surface area contributed by atoms with Crippen molar-refractivity contribution in [2.75, 3.05) is 20.1 Å².